The molecule has 0 bridgehead atoms. The lowest BCUT2D eigenvalue weighted by molar-refractivity contribution is -0.145. The number of ether oxygens (including phenoxy) is 1. The molecule has 120 valence electrons. The fourth-order valence-electron chi connectivity index (χ4n) is 1.95. The van der Waals surface area contributed by atoms with Crippen LogP contribution in [0.1, 0.15) is 47.5 Å². The Morgan fingerprint density at radius 1 is 1.24 bits per heavy atom. The maximum Gasteiger partial charge on any atom is 0.320 e. The van der Waals surface area contributed by atoms with Gasteiger partial charge in [0.25, 0.3) is 0 Å². The average Bonchev–Trinajstić information content (AvgIpc) is 2.44. The molecule has 5 nitrogen and oxygen atoms in total. The number of nitrogens with one attached hydrogen (secondary N) is 1. The normalized spacial score (nSPS) is 11.3. The molecule has 1 amide bonds. The lowest BCUT2D eigenvalue weighted by Crippen LogP contribution is -2.51. The summed E-state index contributed by atoms with van der Waals surface area (Å²) in [5, 5.41) is 2.90. The van der Waals surface area contributed by atoms with Gasteiger partial charge in [-0.05, 0) is 33.6 Å². The van der Waals surface area contributed by atoms with Gasteiger partial charge in [-0.1, -0.05) is 19.8 Å². The van der Waals surface area contributed by atoms with Crippen molar-refractivity contribution >= 4 is 11.9 Å². The number of rotatable bonds is 9. The van der Waals surface area contributed by atoms with E-state index in [2.05, 4.69) is 11.2 Å². The van der Waals surface area contributed by atoms with Crippen LogP contribution < -0.4 is 5.32 Å². The van der Waals surface area contributed by atoms with Gasteiger partial charge in [0.15, 0.2) is 0 Å². The summed E-state index contributed by atoms with van der Waals surface area (Å²) in [7, 11) is 0. The van der Waals surface area contributed by atoms with Gasteiger partial charge in [-0.15, -0.1) is 6.42 Å². The van der Waals surface area contributed by atoms with Crippen LogP contribution in [-0.4, -0.2) is 48.1 Å². The van der Waals surface area contributed by atoms with Gasteiger partial charge >= 0.3 is 5.97 Å². The van der Waals surface area contributed by atoms with Crippen molar-refractivity contribution in [3.63, 3.8) is 0 Å². The molecule has 21 heavy (non-hydrogen) atoms. The van der Waals surface area contributed by atoms with Crippen molar-refractivity contribution in [1.29, 1.82) is 0 Å². The molecule has 0 aliphatic heterocycles. The van der Waals surface area contributed by atoms with E-state index in [1.165, 1.54) is 0 Å². The second kappa shape index (κ2) is 9.41. The second-order valence-electron chi connectivity index (χ2n) is 5.29. The van der Waals surface area contributed by atoms with E-state index in [0.717, 1.165) is 0 Å². The minimum absolute atomic E-state index is 0.0589. The fraction of sp³-hybridized carbons (Fsp3) is 0.750. The van der Waals surface area contributed by atoms with E-state index in [1.54, 1.807) is 11.8 Å². The molecule has 0 aromatic heterocycles. The maximum atomic E-state index is 12.2. The SMILES string of the molecule is C#CC(CC)(CC)NC(=O)CN(CC(=O)OCC)C(C)C. The Morgan fingerprint density at radius 2 is 1.81 bits per heavy atom. The second-order valence-corrected chi connectivity index (χ2v) is 5.29. The number of amides is 1. The van der Waals surface area contributed by atoms with E-state index in [-0.39, 0.29) is 31.0 Å². The van der Waals surface area contributed by atoms with Gasteiger partial charge in [0.1, 0.15) is 5.54 Å². The van der Waals surface area contributed by atoms with Crippen LogP contribution in [0.15, 0.2) is 0 Å². The topological polar surface area (TPSA) is 58.6 Å². The Kier molecular flexibility index (Phi) is 8.72. The number of carbonyl (C=O) groups is 2. The van der Waals surface area contributed by atoms with Crippen LogP contribution in [0.4, 0.5) is 0 Å². The van der Waals surface area contributed by atoms with Crippen LogP contribution >= 0.6 is 0 Å². The van der Waals surface area contributed by atoms with E-state index in [1.807, 2.05) is 27.7 Å². The maximum absolute atomic E-state index is 12.2. The summed E-state index contributed by atoms with van der Waals surface area (Å²) in [4.78, 5) is 25.5. The van der Waals surface area contributed by atoms with Crippen molar-refractivity contribution in [2.75, 3.05) is 19.7 Å². The van der Waals surface area contributed by atoms with Crippen LogP contribution in [0.2, 0.25) is 0 Å². The monoisotopic (exact) mass is 296 g/mol. The lowest BCUT2D eigenvalue weighted by Gasteiger charge is -2.30. The number of esters is 1. The molecule has 0 spiro atoms. The van der Waals surface area contributed by atoms with Crippen molar-refractivity contribution in [2.24, 2.45) is 0 Å². The Labute approximate surface area is 128 Å². The Hall–Kier alpha value is -1.54. The highest BCUT2D eigenvalue weighted by Gasteiger charge is 2.27. The molecular weight excluding hydrogens is 268 g/mol. The molecule has 0 aromatic rings. The van der Waals surface area contributed by atoms with Crippen LogP contribution in [0.5, 0.6) is 0 Å². The molecule has 0 saturated heterocycles. The number of hydrogen-bond donors (Lipinski definition) is 1. The van der Waals surface area contributed by atoms with E-state index in [0.29, 0.717) is 19.4 Å². The predicted molar refractivity (Wildman–Crippen MR) is 83.6 cm³/mol. The van der Waals surface area contributed by atoms with Crippen LogP contribution in [0.3, 0.4) is 0 Å². The third-order valence-electron chi connectivity index (χ3n) is 3.58. The van der Waals surface area contributed by atoms with Crippen LogP contribution in [-0.2, 0) is 14.3 Å². The van der Waals surface area contributed by atoms with Crippen molar-refractivity contribution in [3.8, 4) is 12.3 Å². The molecule has 0 atom stereocenters. The molecule has 0 rings (SSSR count). The van der Waals surface area contributed by atoms with Gasteiger partial charge < -0.3 is 10.1 Å². The van der Waals surface area contributed by atoms with E-state index in [4.69, 9.17) is 11.2 Å². The molecule has 5 heteroatoms. The van der Waals surface area contributed by atoms with Crippen molar-refractivity contribution in [2.45, 2.75) is 59.0 Å². The van der Waals surface area contributed by atoms with Gasteiger partial charge in [0.05, 0.1) is 19.7 Å². The summed E-state index contributed by atoms with van der Waals surface area (Å²) >= 11 is 0. The smallest absolute Gasteiger partial charge is 0.320 e. The van der Waals surface area contributed by atoms with Crippen molar-refractivity contribution in [1.82, 2.24) is 10.2 Å². The molecular formula is C16H28N2O3. The van der Waals surface area contributed by atoms with Gasteiger partial charge in [0, 0.05) is 6.04 Å². The molecule has 0 fully saturated rings. The lowest BCUT2D eigenvalue weighted by atomic mass is 9.94. The van der Waals surface area contributed by atoms with Crippen LogP contribution in [0, 0.1) is 12.3 Å². The first-order valence-electron chi connectivity index (χ1n) is 7.52. The van der Waals surface area contributed by atoms with E-state index in [9.17, 15) is 9.59 Å². The number of carbonyl (C=O) groups excluding carboxylic acids is 2. The van der Waals surface area contributed by atoms with Crippen LogP contribution in [0.25, 0.3) is 0 Å². The Bertz CT molecular complexity index is 381. The molecule has 0 unspecified atom stereocenters. The molecule has 0 saturated carbocycles. The zero-order valence-electron chi connectivity index (χ0n) is 13.9. The summed E-state index contributed by atoms with van der Waals surface area (Å²) in [6.07, 6.45) is 6.88. The third kappa shape index (κ3) is 6.63. The highest BCUT2D eigenvalue weighted by atomic mass is 16.5. The summed E-state index contributed by atoms with van der Waals surface area (Å²) in [5.41, 5.74) is -0.607. The summed E-state index contributed by atoms with van der Waals surface area (Å²) < 4.78 is 4.92. The molecule has 0 aliphatic carbocycles. The number of terminal acetylenes is 1. The van der Waals surface area contributed by atoms with E-state index < -0.39 is 5.54 Å². The minimum Gasteiger partial charge on any atom is -0.465 e. The standard InChI is InChI=1S/C16H28N2O3/c1-7-16(8-2,9-3)17-14(19)11-18(13(5)6)12-15(20)21-10-4/h1,13H,8-12H2,2-6H3,(H,17,19). The number of nitrogens with zero attached hydrogens (tertiary/aromatic N) is 1. The molecule has 1 N–H and O–H groups in total. The molecule has 0 aliphatic rings. The van der Waals surface area contributed by atoms with E-state index >= 15 is 0 Å². The van der Waals surface area contributed by atoms with Gasteiger partial charge in [0.2, 0.25) is 5.91 Å². The predicted octanol–water partition coefficient (Wildman–Crippen LogP) is 1.57. The van der Waals surface area contributed by atoms with Gasteiger partial charge in [-0.3, -0.25) is 14.5 Å². The fourth-order valence-corrected chi connectivity index (χ4v) is 1.95. The summed E-state index contributed by atoms with van der Waals surface area (Å²) in [6, 6.07) is 0.0589. The first-order chi connectivity index (χ1) is 9.83. The Morgan fingerprint density at radius 3 is 2.19 bits per heavy atom. The highest BCUT2D eigenvalue weighted by molar-refractivity contribution is 5.80. The zero-order valence-corrected chi connectivity index (χ0v) is 13.9. The van der Waals surface area contributed by atoms with Gasteiger partial charge in [-0.25, -0.2) is 0 Å². The molecule has 0 heterocycles. The minimum atomic E-state index is -0.607. The third-order valence-corrected chi connectivity index (χ3v) is 3.58. The first-order valence-corrected chi connectivity index (χ1v) is 7.52. The highest BCUT2D eigenvalue weighted by Crippen LogP contribution is 2.13. The van der Waals surface area contributed by atoms with Gasteiger partial charge in [-0.2, -0.15) is 0 Å². The summed E-state index contributed by atoms with van der Waals surface area (Å²) in [5.74, 6) is 2.17. The zero-order chi connectivity index (χ0) is 16.5. The first kappa shape index (κ1) is 19.5. The summed E-state index contributed by atoms with van der Waals surface area (Å²) in [6.45, 7) is 10.1. The number of hydrogen-bond acceptors (Lipinski definition) is 4. The Balaban J connectivity index is 4.69. The quantitative estimate of drug-likeness (QED) is 0.518. The van der Waals surface area contributed by atoms with Crippen molar-refractivity contribution < 1.29 is 14.3 Å². The molecule has 0 radical (unpaired) electrons. The molecule has 0 aromatic carbocycles. The van der Waals surface area contributed by atoms with Crippen molar-refractivity contribution in [3.05, 3.63) is 0 Å². The average molecular weight is 296 g/mol. The largest absolute Gasteiger partial charge is 0.465 e.